The molecule has 0 aliphatic heterocycles. The van der Waals surface area contributed by atoms with Gasteiger partial charge in [-0.25, -0.2) is 0 Å². The summed E-state index contributed by atoms with van der Waals surface area (Å²) in [6.45, 7) is 0.589. The third kappa shape index (κ3) is 3.92. The van der Waals surface area contributed by atoms with Crippen LogP contribution in [0.2, 0.25) is 0 Å². The Balaban J connectivity index is 1.57. The molecule has 23 heavy (non-hydrogen) atoms. The van der Waals surface area contributed by atoms with E-state index >= 15 is 0 Å². The fourth-order valence-electron chi connectivity index (χ4n) is 2.96. The summed E-state index contributed by atoms with van der Waals surface area (Å²) < 4.78 is 5.18. The standard InChI is InChI=1S/C18H22N2O2S/c1-22-15-6-3-12(4-7-15)17-9-8-16(23-17)11-20-18(21)13-2-5-14(19)10-13/h3-4,6-9,13-14H,2,5,10-11,19H2,1H3,(H,20,21). The topological polar surface area (TPSA) is 64.3 Å². The molecular weight excluding hydrogens is 308 g/mol. The molecule has 1 aliphatic carbocycles. The Labute approximate surface area is 140 Å². The van der Waals surface area contributed by atoms with Gasteiger partial charge in [-0.15, -0.1) is 11.3 Å². The number of benzene rings is 1. The van der Waals surface area contributed by atoms with Crippen molar-refractivity contribution in [3.8, 4) is 16.2 Å². The molecule has 122 valence electrons. The third-order valence-electron chi connectivity index (χ3n) is 4.32. The van der Waals surface area contributed by atoms with E-state index in [1.165, 1.54) is 4.88 Å². The van der Waals surface area contributed by atoms with E-state index in [0.29, 0.717) is 6.54 Å². The summed E-state index contributed by atoms with van der Waals surface area (Å²) in [5.41, 5.74) is 7.03. The first-order chi connectivity index (χ1) is 11.2. The highest BCUT2D eigenvalue weighted by Crippen LogP contribution is 2.30. The molecule has 1 fully saturated rings. The Morgan fingerprint density at radius 1 is 1.26 bits per heavy atom. The van der Waals surface area contributed by atoms with Gasteiger partial charge in [-0.3, -0.25) is 4.79 Å². The van der Waals surface area contributed by atoms with E-state index in [1.54, 1.807) is 18.4 Å². The van der Waals surface area contributed by atoms with Gasteiger partial charge < -0.3 is 15.8 Å². The lowest BCUT2D eigenvalue weighted by atomic mass is 10.1. The lowest BCUT2D eigenvalue weighted by Crippen LogP contribution is -2.29. The van der Waals surface area contributed by atoms with Crippen LogP contribution in [0.15, 0.2) is 36.4 Å². The summed E-state index contributed by atoms with van der Waals surface area (Å²) in [7, 11) is 1.66. The Bertz CT molecular complexity index is 666. The smallest absolute Gasteiger partial charge is 0.223 e. The zero-order valence-corrected chi connectivity index (χ0v) is 14.1. The predicted octanol–water partition coefficient (Wildman–Crippen LogP) is 3.17. The van der Waals surface area contributed by atoms with E-state index in [1.807, 2.05) is 24.3 Å². The molecule has 1 amide bonds. The van der Waals surface area contributed by atoms with Crippen molar-refractivity contribution in [2.24, 2.45) is 11.7 Å². The van der Waals surface area contributed by atoms with Crippen LogP contribution in [-0.4, -0.2) is 19.1 Å². The van der Waals surface area contributed by atoms with Gasteiger partial charge >= 0.3 is 0 Å². The predicted molar refractivity (Wildman–Crippen MR) is 93.5 cm³/mol. The van der Waals surface area contributed by atoms with Gasteiger partial charge in [-0.05, 0) is 61.2 Å². The summed E-state index contributed by atoms with van der Waals surface area (Å²) >= 11 is 1.70. The van der Waals surface area contributed by atoms with Crippen LogP contribution in [0.4, 0.5) is 0 Å². The SMILES string of the molecule is COc1ccc(-c2ccc(CNC(=O)C3CCC(N)C3)s2)cc1. The molecule has 1 aliphatic rings. The second-order valence-electron chi connectivity index (χ2n) is 5.98. The van der Waals surface area contributed by atoms with Gasteiger partial charge in [-0.2, -0.15) is 0 Å². The quantitative estimate of drug-likeness (QED) is 0.885. The average Bonchev–Trinajstić information content (AvgIpc) is 3.22. The van der Waals surface area contributed by atoms with Gasteiger partial charge in [0.15, 0.2) is 0 Å². The van der Waals surface area contributed by atoms with Crippen molar-refractivity contribution in [2.75, 3.05) is 7.11 Å². The van der Waals surface area contributed by atoms with E-state index in [-0.39, 0.29) is 17.9 Å². The second-order valence-corrected chi connectivity index (χ2v) is 7.15. The lowest BCUT2D eigenvalue weighted by Gasteiger charge is -2.09. The first kappa shape index (κ1) is 16.0. The molecule has 0 radical (unpaired) electrons. The van der Waals surface area contributed by atoms with Crippen molar-refractivity contribution < 1.29 is 9.53 Å². The van der Waals surface area contributed by atoms with Crippen molar-refractivity contribution in [1.29, 1.82) is 0 Å². The fraction of sp³-hybridized carbons (Fsp3) is 0.389. The molecule has 2 aromatic rings. The van der Waals surface area contributed by atoms with Crippen molar-refractivity contribution >= 4 is 17.2 Å². The van der Waals surface area contributed by atoms with Crippen molar-refractivity contribution in [3.63, 3.8) is 0 Å². The molecule has 3 rings (SSSR count). The minimum atomic E-state index is 0.0889. The minimum Gasteiger partial charge on any atom is -0.497 e. The molecule has 0 spiro atoms. The molecule has 2 atom stereocenters. The van der Waals surface area contributed by atoms with E-state index < -0.39 is 0 Å². The number of nitrogens with two attached hydrogens (primary N) is 1. The molecule has 3 N–H and O–H groups in total. The number of carbonyl (C=O) groups excluding carboxylic acids is 1. The van der Waals surface area contributed by atoms with Crippen LogP contribution in [0.1, 0.15) is 24.1 Å². The molecule has 4 nitrogen and oxygen atoms in total. The van der Waals surface area contributed by atoms with Gasteiger partial charge in [0.25, 0.3) is 0 Å². The lowest BCUT2D eigenvalue weighted by molar-refractivity contribution is -0.124. The van der Waals surface area contributed by atoms with Crippen LogP contribution < -0.4 is 15.8 Å². The Hall–Kier alpha value is -1.85. The normalized spacial score (nSPS) is 20.4. The molecule has 0 bridgehead atoms. The van der Waals surface area contributed by atoms with Crippen LogP contribution in [0.5, 0.6) is 5.75 Å². The van der Waals surface area contributed by atoms with Crippen LogP contribution in [0.3, 0.4) is 0 Å². The summed E-state index contributed by atoms with van der Waals surface area (Å²) in [5.74, 6) is 1.08. The monoisotopic (exact) mass is 330 g/mol. The first-order valence-electron chi connectivity index (χ1n) is 7.92. The molecule has 1 saturated carbocycles. The van der Waals surface area contributed by atoms with Crippen molar-refractivity contribution in [1.82, 2.24) is 5.32 Å². The highest BCUT2D eigenvalue weighted by atomic mass is 32.1. The van der Waals surface area contributed by atoms with E-state index in [0.717, 1.165) is 35.5 Å². The number of ether oxygens (including phenoxy) is 1. The Kier molecular flexibility index (Phi) is 4.98. The van der Waals surface area contributed by atoms with Gasteiger partial charge in [-0.1, -0.05) is 0 Å². The van der Waals surface area contributed by atoms with Crippen LogP contribution in [-0.2, 0) is 11.3 Å². The maximum Gasteiger partial charge on any atom is 0.223 e. The molecule has 1 aromatic heterocycles. The van der Waals surface area contributed by atoms with Crippen molar-refractivity contribution in [2.45, 2.75) is 31.8 Å². The largest absolute Gasteiger partial charge is 0.497 e. The van der Waals surface area contributed by atoms with Gasteiger partial charge in [0.1, 0.15) is 5.75 Å². The highest BCUT2D eigenvalue weighted by Gasteiger charge is 2.27. The van der Waals surface area contributed by atoms with Crippen LogP contribution in [0.25, 0.3) is 10.4 Å². The number of rotatable bonds is 5. The summed E-state index contributed by atoms with van der Waals surface area (Å²) in [5, 5.41) is 3.04. The van der Waals surface area contributed by atoms with Crippen molar-refractivity contribution in [3.05, 3.63) is 41.3 Å². The Morgan fingerprint density at radius 3 is 2.70 bits per heavy atom. The third-order valence-corrected chi connectivity index (χ3v) is 5.45. The number of amides is 1. The molecule has 2 unspecified atom stereocenters. The molecule has 1 heterocycles. The molecular formula is C18H22N2O2S. The number of nitrogens with one attached hydrogen (secondary N) is 1. The minimum absolute atomic E-state index is 0.0889. The zero-order chi connectivity index (χ0) is 16.2. The van der Waals surface area contributed by atoms with Gasteiger partial charge in [0, 0.05) is 21.7 Å². The fourth-order valence-corrected chi connectivity index (χ4v) is 3.91. The highest BCUT2D eigenvalue weighted by molar-refractivity contribution is 7.15. The maximum atomic E-state index is 12.1. The summed E-state index contributed by atoms with van der Waals surface area (Å²) in [6.07, 6.45) is 2.68. The maximum absolute atomic E-state index is 12.1. The second kappa shape index (κ2) is 7.15. The summed E-state index contributed by atoms with van der Waals surface area (Å²) in [6, 6.07) is 12.4. The molecule has 1 aromatic carbocycles. The van der Waals surface area contributed by atoms with E-state index in [9.17, 15) is 4.79 Å². The molecule has 5 heteroatoms. The number of methoxy groups -OCH3 is 1. The zero-order valence-electron chi connectivity index (χ0n) is 13.2. The van der Waals surface area contributed by atoms with E-state index in [2.05, 4.69) is 17.4 Å². The Morgan fingerprint density at radius 2 is 2.04 bits per heavy atom. The molecule has 0 saturated heterocycles. The average molecular weight is 330 g/mol. The number of carbonyl (C=O) groups is 1. The number of thiophene rings is 1. The number of hydrogen-bond acceptors (Lipinski definition) is 4. The summed E-state index contributed by atoms with van der Waals surface area (Å²) in [4.78, 5) is 14.5. The van der Waals surface area contributed by atoms with Gasteiger partial charge in [0.05, 0.1) is 13.7 Å². The van der Waals surface area contributed by atoms with Gasteiger partial charge in [0.2, 0.25) is 5.91 Å². The first-order valence-corrected chi connectivity index (χ1v) is 8.74. The van der Waals surface area contributed by atoms with Crippen LogP contribution >= 0.6 is 11.3 Å². The van der Waals surface area contributed by atoms with E-state index in [4.69, 9.17) is 10.5 Å². The number of hydrogen-bond donors (Lipinski definition) is 2. The van der Waals surface area contributed by atoms with Crippen LogP contribution in [0, 0.1) is 5.92 Å².